The zero-order chi connectivity index (χ0) is 14.3. The number of hydrogen-bond acceptors (Lipinski definition) is 3. The molecule has 19 heavy (non-hydrogen) atoms. The van der Waals surface area contributed by atoms with Gasteiger partial charge in [0.15, 0.2) is 0 Å². The molecule has 0 saturated carbocycles. The highest BCUT2D eigenvalue weighted by Gasteiger charge is 2.16. The maximum atomic E-state index is 12.3. The number of nitrogens with zero attached hydrogens (tertiary/aromatic N) is 1. The van der Waals surface area contributed by atoms with E-state index in [9.17, 15) is 9.59 Å². The third-order valence-corrected chi connectivity index (χ3v) is 2.76. The van der Waals surface area contributed by atoms with E-state index >= 15 is 0 Å². The summed E-state index contributed by atoms with van der Waals surface area (Å²) in [5.41, 5.74) is 0.485. The summed E-state index contributed by atoms with van der Waals surface area (Å²) in [6.45, 7) is 4.25. The van der Waals surface area contributed by atoms with Gasteiger partial charge in [0.2, 0.25) is 0 Å². The second-order valence-electron chi connectivity index (χ2n) is 3.88. The summed E-state index contributed by atoms with van der Waals surface area (Å²) in [5, 5.41) is 0.498. The van der Waals surface area contributed by atoms with Crippen LogP contribution < -0.4 is 0 Å². The van der Waals surface area contributed by atoms with Crippen molar-refractivity contribution in [3.63, 3.8) is 0 Å². The van der Waals surface area contributed by atoms with Gasteiger partial charge >= 0.3 is 5.97 Å². The van der Waals surface area contributed by atoms with Crippen molar-refractivity contribution in [2.45, 2.75) is 6.42 Å². The summed E-state index contributed by atoms with van der Waals surface area (Å²) in [5.74, 6) is -0.542. The van der Waals surface area contributed by atoms with E-state index in [1.165, 1.54) is 12.0 Å². The van der Waals surface area contributed by atoms with Crippen molar-refractivity contribution in [1.29, 1.82) is 0 Å². The van der Waals surface area contributed by atoms with Gasteiger partial charge in [-0.2, -0.15) is 0 Å². The largest absolute Gasteiger partial charge is 0.469 e. The van der Waals surface area contributed by atoms with E-state index in [1.54, 1.807) is 30.3 Å². The summed E-state index contributed by atoms with van der Waals surface area (Å²) in [4.78, 5) is 24.9. The third-order valence-electron chi connectivity index (χ3n) is 2.52. The SMILES string of the molecule is C=CCN(CCC(=O)OC)C(=O)c1cccc(Cl)c1. The normalized spacial score (nSPS) is 9.79. The lowest BCUT2D eigenvalue weighted by atomic mass is 10.2. The van der Waals surface area contributed by atoms with Crippen LogP contribution in [-0.4, -0.2) is 37.0 Å². The van der Waals surface area contributed by atoms with E-state index < -0.39 is 0 Å². The Labute approximate surface area is 117 Å². The maximum Gasteiger partial charge on any atom is 0.307 e. The first-order valence-corrected chi connectivity index (χ1v) is 6.19. The molecule has 0 aromatic heterocycles. The van der Waals surface area contributed by atoms with Gasteiger partial charge in [-0.05, 0) is 18.2 Å². The second kappa shape index (κ2) is 7.59. The first kappa shape index (κ1) is 15.2. The number of amides is 1. The number of hydrogen-bond donors (Lipinski definition) is 0. The van der Waals surface area contributed by atoms with Gasteiger partial charge in [0, 0.05) is 23.7 Å². The third kappa shape index (κ3) is 4.75. The number of carbonyl (C=O) groups excluding carboxylic acids is 2. The molecule has 0 aliphatic carbocycles. The molecule has 1 aromatic carbocycles. The molecule has 0 atom stereocenters. The average molecular weight is 282 g/mol. The summed E-state index contributed by atoms with van der Waals surface area (Å²) >= 11 is 5.86. The maximum absolute atomic E-state index is 12.3. The van der Waals surface area contributed by atoms with Gasteiger partial charge in [-0.3, -0.25) is 9.59 Å². The lowest BCUT2D eigenvalue weighted by Gasteiger charge is -2.20. The Morgan fingerprint density at radius 3 is 2.79 bits per heavy atom. The Morgan fingerprint density at radius 1 is 1.47 bits per heavy atom. The molecule has 5 heteroatoms. The average Bonchev–Trinajstić information content (AvgIpc) is 2.42. The summed E-state index contributed by atoms with van der Waals surface area (Å²) in [6.07, 6.45) is 1.76. The predicted octanol–water partition coefficient (Wildman–Crippen LogP) is 2.53. The first-order chi connectivity index (χ1) is 9.08. The minimum absolute atomic E-state index is 0.149. The topological polar surface area (TPSA) is 46.6 Å². The lowest BCUT2D eigenvalue weighted by molar-refractivity contribution is -0.140. The van der Waals surface area contributed by atoms with Gasteiger partial charge < -0.3 is 9.64 Å². The molecule has 0 bridgehead atoms. The Morgan fingerprint density at radius 2 is 2.21 bits per heavy atom. The molecule has 1 rings (SSSR count). The van der Waals surface area contributed by atoms with E-state index in [0.717, 1.165) is 0 Å². The quantitative estimate of drug-likeness (QED) is 0.595. The number of benzene rings is 1. The molecule has 1 amide bonds. The summed E-state index contributed by atoms with van der Waals surface area (Å²) < 4.78 is 4.56. The molecule has 0 unspecified atom stereocenters. The molecule has 102 valence electrons. The van der Waals surface area contributed by atoms with Crippen molar-refractivity contribution in [1.82, 2.24) is 4.90 Å². The molecule has 0 radical (unpaired) electrons. The van der Waals surface area contributed by atoms with Crippen molar-refractivity contribution < 1.29 is 14.3 Å². The molecule has 0 N–H and O–H groups in total. The first-order valence-electron chi connectivity index (χ1n) is 5.81. The second-order valence-corrected chi connectivity index (χ2v) is 4.31. The fourth-order valence-electron chi connectivity index (χ4n) is 1.56. The van der Waals surface area contributed by atoms with Gasteiger partial charge in [0.25, 0.3) is 5.91 Å². The molecule has 4 nitrogen and oxygen atoms in total. The van der Waals surface area contributed by atoms with Crippen LogP contribution in [0.15, 0.2) is 36.9 Å². The van der Waals surface area contributed by atoms with Crippen LogP contribution in [0.25, 0.3) is 0 Å². The van der Waals surface area contributed by atoms with Gasteiger partial charge in [-0.1, -0.05) is 23.7 Å². The van der Waals surface area contributed by atoms with Gasteiger partial charge in [-0.15, -0.1) is 6.58 Å². The van der Waals surface area contributed by atoms with Crippen molar-refractivity contribution in [3.05, 3.63) is 47.5 Å². The summed E-state index contributed by atoms with van der Waals surface area (Å²) in [7, 11) is 1.32. The predicted molar refractivity (Wildman–Crippen MR) is 74.2 cm³/mol. The van der Waals surface area contributed by atoms with Gasteiger partial charge in [-0.25, -0.2) is 0 Å². The number of carbonyl (C=O) groups is 2. The van der Waals surface area contributed by atoms with E-state index in [1.807, 2.05) is 0 Å². The van der Waals surface area contributed by atoms with Crippen LogP contribution in [0, 0.1) is 0 Å². The Bertz CT molecular complexity index is 474. The smallest absolute Gasteiger partial charge is 0.307 e. The molecule has 1 aromatic rings. The summed E-state index contributed by atoms with van der Waals surface area (Å²) in [6, 6.07) is 6.69. The Hall–Kier alpha value is -1.81. The van der Waals surface area contributed by atoms with Crippen LogP contribution in [0.2, 0.25) is 5.02 Å². The van der Waals surface area contributed by atoms with Crippen LogP contribution in [0.4, 0.5) is 0 Å². The number of halogens is 1. The Kier molecular flexibility index (Phi) is 6.09. The van der Waals surface area contributed by atoms with Gasteiger partial charge in [0.1, 0.15) is 0 Å². The minimum Gasteiger partial charge on any atom is -0.469 e. The van der Waals surface area contributed by atoms with E-state index in [0.29, 0.717) is 17.1 Å². The Balaban J connectivity index is 2.77. The zero-order valence-corrected chi connectivity index (χ0v) is 11.5. The van der Waals surface area contributed by atoms with E-state index in [-0.39, 0.29) is 24.8 Å². The zero-order valence-electron chi connectivity index (χ0n) is 10.8. The lowest BCUT2D eigenvalue weighted by Crippen LogP contribution is -2.33. The molecular formula is C14H16ClNO3. The highest BCUT2D eigenvalue weighted by molar-refractivity contribution is 6.30. The monoisotopic (exact) mass is 281 g/mol. The minimum atomic E-state index is -0.354. The number of esters is 1. The molecule has 0 heterocycles. The van der Waals surface area contributed by atoms with Crippen LogP contribution in [0.5, 0.6) is 0 Å². The number of ether oxygens (including phenoxy) is 1. The van der Waals surface area contributed by atoms with Crippen LogP contribution in [-0.2, 0) is 9.53 Å². The molecular weight excluding hydrogens is 266 g/mol. The fourth-order valence-corrected chi connectivity index (χ4v) is 1.75. The van der Waals surface area contributed by atoms with Crippen LogP contribution >= 0.6 is 11.6 Å². The highest BCUT2D eigenvalue weighted by atomic mass is 35.5. The van der Waals surface area contributed by atoms with Crippen molar-refractivity contribution in [2.75, 3.05) is 20.2 Å². The number of methoxy groups -OCH3 is 1. The van der Waals surface area contributed by atoms with Crippen molar-refractivity contribution in [2.24, 2.45) is 0 Å². The molecule has 0 fully saturated rings. The van der Waals surface area contributed by atoms with Crippen LogP contribution in [0.1, 0.15) is 16.8 Å². The molecule has 0 saturated heterocycles. The standard InChI is InChI=1S/C14H16ClNO3/c1-3-8-16(9-7-13(17)19-2)14(18)11-5-4-6-12(15)10-11/h3-6,10H,1,7-9H2,2H3. The van der Waals surface area contributed by atoms with Gasteiger partial charge in [0.05, 0.1) is 13.5 Å². The van der Waals surface area contributed by atoms with Crippen LogP contribution in [0.3, 0.4) is 0 Å². The molecule has 0 spiro atoms. The molecule has 0 aliphatic rings. The van der Waals surface area contributed by atoms with Crippen molar-refractivity contribution >= 4 is 23.5 Å². The molecule has 0 aliphatic heterocycles. The number of rotatable bonds is 6. The van der Waals surface area contributed by atoms with E-state index in [2.05, 4.69) is 11.3 Å². The highest BCUT2D eigenvalue weighted by Crippen LogP contribution is 2.13. The van der Waals surface area contributed by atoms with E-state index in [4.69, 9.17) is 11.6 Å². The fraction of sp³-hybridized carbons (Fsp3) is 0.286. The van der Waals surface area contributed by atoms with Crippen molar-refractivity contribution in [3.8, 4) is 0 Å².